The SMILES string of the molecule is Nc1cccc(Br)c1CN1C(=O)COCC1=O. The Bertz CT molecular complexity index is 440. The molecule has 0 bridgehead atoms. The van der Waals surface area contributed by atoms with Gasteiger partial charge in [0.05, 0.1) is 6.54 Å². The van der Waals surface area contributed by atoms with E-state index in [9.17, 15) is 9.59 Å². The Labute approximate surface area is 107 Å². The number of nitrogens with zero attached hydrogens (tertiary/aromatic N) is 1. The van der Waals surface area contributed by atoms with Gasteiger partial charge in [0.2, 0.25) is 0 Å². The van der Waals surface area contributed by atoms with Gasteiger partial charge in [-0.15, -0.1) is 0 Å². The van der Waals surface area contributed by atoms with E-state index in [4.69, 9.17) is 10.5 Å². The van der Waals surface area contributed by atoms with Crippen molar-refractivity contribution in [2.75, 3.05) is 18.9 Å². The van der Waals surface area contributed by atoms with Crippen molar-refractivity contribution in [2.24, 2.45) is 0 Å². The van der Waals surface area contributed by atoms with Gasteiger partial charge in [-0.25, -0.2) is 0 Å². The minimum Gasteiger partial charge on any atom is -0.398 e. The number of hydrogen-bond acceptors (Lipinski definition) is 4. The first kappa shape index (κ1) is 12.1. The van der Waals surface area contributed by atoms with Crippen molar-refractivity contribution in [2.45, 2.75) is 6.54 Å². The molecule has 1 fully saturated rings. The molecule has 1 aliphatic heterocycles. The van der Waals surface area contributed by atoms with Crippen molar-refractivity contribution in [3.63, 3.8) is 0 Å². The topological polar surface area (TPSA) is 72.6 Å². The molecule has 1 saturated heterocycles. The van der Waals surface area contributed by atoms with E-state index in [1.54, 1.807) is 12.1 Å². The van der Waals surface area contributed by atoms with Crippen molar-refractivity contribution in [3.05, 3.63) is 28.2 Å². The van der Waals surface area contributed by atoms with Gasteiger partial charge in [0.1, 0.15) is 13.2 Å². The molecule has 1 aromatic rings. The number of hydrogen-bond donors (Lipinski definition) is 1. The van der Waals surface area contributed by atoms with Gasteiger partial charge >= 0.3 is 0 Å². The lowest BCUT2D eigenvalue weighted by Crippen LogP contribution is -2.45. The average molecular weight is 299 g/mol. The van der Waals surface area contributed by atoms with E-state index in [1.807, 2.05) is 6.07 Å². The van der Waals surface area contributed by atoms with Crippen LogP contribution in [0, 0.1) is 0 Å². The predicted molar refractivity (Wildman–Crippen MR) is 64.9 cm³/mol. The molecule has 17 heavy (non-hydrogen) atoms. The molecule has 90 valence electrons. The third-order valence-electron chi connectivity index (χ3n) is 2.52. The zero-order chi connectivity index (χ0) is 12.4. The lowest BCUT2D eigenvalue weighted by atomic mass is 10.1. The monoisotopic (exact) mass is 298 g/mol. The fraction of sp³-hybridized carbons (Fsp3) is 0.273. The van der Waals surface area contributed by atoms with Crippen LogP contribution in [0.4, 0.5) is 5.69 Å². The van der Waals surface area contributed by atoms with Gasteiger partial charge in [-0.2, -0.15) is 0 Å². The van der Waals surface area contributed by atoms with Crippen LogP contribution in [-0.4, -0.2) is 29.9 Å². The summed E-state index contributed by atoms with van der Waals surface area (Å²) < 4.78 is 5.62. The highest BCUT2D eigenvalue weighted by Crippen LogP contribution is 2.24. The third kappa shape index (κ3) is 2.48. The molecule has 0 aliphatic carbocycles. The van der Waals surface area contributed by atoms with E-state index in [1.165, 1.54) is 4.90 Å². The molecule has 0 atom stereocenters. The molecule has 0 unspecified atom stereocenters. The number of morpholine rings is 1. The minimum absolute atomic E-state index is 0.0594. The van der Waals surface area contributed by atoms with Crippen LogP contribution in [0.25, 0.3) is 0 Å². The van der Waals surface area contributed by atoms with Crippen molar-refractivity contribution in [1.29, 1.82) is 0 Å². The molecule has 6 heteroatoms. The fourth-order valence-electron chi connectivity index (χ4n) is 1.60. The van der Waals surface area contributed by atoms with Gasteiger partial charge in [0, 0.05) is 15.7 Å². The Hall–Kier alpha value is -1.40. The summed E-state index contributed by atoms with van der Waals surface area (Å²) in [5, 5.41) is 0. The van der Waals surface area contributed by atoms with Crippen molar-refractivity contribution >= 4 is 33.4 Å². The molecule has 0 saturated carbocycles. The third-order valence-corrected chi connectivity index (χ3v) is 3.27. The Morgan fingerprint density at radius 1 is 1.29 bits per heavy atom. The van der Waals surface area contributed by atoms with E-state index in [2.05, 4.69) is 15.9 Å². The zero-order valence-corrected chi connectivity index (χ0v) is 10.6. The smallest absolute Gasteiger partial charge is 0.255 e. The maximum absolute atomic E-state index is 11.6. The standard InChI is InChI=1S/C11H11BrN2O3/c12-8-2-1-3-9(13)7(8)4-14-10(15)5-17-6-11(14)16/h1-3H,4-6,13H2. The Morgan fingerprint density at radius 2 is 1.94 bits per heavy atom. The molecule has 1 heterocycles. The number of amides is 2. The quantitative estimate of drug-likeness (QED) is 0.651. The van der Waals surface area contributed by atoms with Crippen LogP contribution in [-0.2, 0) is 20.9 Å². The first-order chi connectivity index (χ1) is 8.09. The van der Waals surface area contributed by atoms with E-state index < -0.39 is 0 Å². The van der Waals surface area contributed by atoms with Crippen molar-refractivity contribution < 1.29 is 14.3 Å². The van der Waals surface area contributed by atoms with Gasteiger partial charge in [0.25, 0.3) is 11.8 Å². The normalized spacial score (nSPS) is 16.4. The number of benzene rings is 1. The number of nitrogen functional groups attached to an aromatic ring is 1. The van der Waals surface area contributed by atoms with E-state index in [-0.39, 0.29) is 31.6 Å². The lowest BCUT2D eigenvalue weighted by Gasteiger charge is -2.25. The van der Waals surface area contributed by atoms with E-state index in [0.717, 1.165) is 10.0 Å². The molecular weight excluding hydrogens is 288 g/mol. The highest BCUT2D eigenvalue weighted by Gasteiger charge is 2.27. The summed E-state index contributed by atoms with van der Waals surface area (Å²) in [5.74, 6) is -0.673. The van der Waals surface area contributed by atoms with Crippen molar-refractivity contribution in [3.8, 4) is 0 Å². The van der Waals surface area contributed by atoms with Gasteiger partial charge in [-0.3, -0.25) is 14.5 Å². The lowest BCUT2D eigenvalue weighted by molar-refractivity contribution is -0.159. The molecule has 0 aromatic heterocycles. The highest BCUT2D eigenvalue weighted by atomic mass is 79.9. The molecule has 1 aromatic carbocycles. The number of nitrogens with two attached hydrogens (primary N) is 1. The predicted octanol–water partition coefficient (Wildman–Crippen LogP) is 0.917. The summed E-state index contributed by atoms with van der Waals surface area (Å²) in [6.07, 6.45) is 0. The molecule has 1 aliphatic rings. The summed E-state index contributed by atoms with van der Waals surface area (Å²) in [7, 11) is 0. The minimum atomic E-state index is -0.337. The highest BCUT2D eigenvalue weighted by molar-refractivity contribution is 9.10. The van der Waals surface area contributed by atoms with Crippen LogP contribution < -0.4 is 5.73 Å². The second-order valence-corrected chi connectivity index (χ2v) is 4.53. The molecule has 2 N–H and O–H groups in total. The Morgan fingerprint density at radius 3 is 2.53 bits per heavy atom. The number of carbonyl (C=O) groups is 2. The summed E-state index contributed by atoms with van der Waals surface area (Å²) in [4.78, 5) is 24.3. The van der Waals surface area contributed by atoms with E-state index in [0.29, 0.717) is 5.69 Å². The largest absolute Gasteiger partial charge is 0.398 e. The number of rotatable bonds is 2. The molecule has 2 amide bonds. The Balaban J connectivity index is 2.25. The van der Waals surface area contributed by atoms with Crippen LogP contribution in [0.2, 0.25) is 0 Å². The van der Waals surface area contributed by atoms with Crippen LogP contribution >= 0.6 is 15.9 Å². The first-order valence-corrected chi connectivity index (χ1v) is 5.82. The number of carbonyl (C=O) groups excluding carboxylic acids is 2. The molecular formula is C11H11BrN2O3. The van der Waals surface area contributed by atoms with Gasteiger partial charge in [-0.05, 0) is 12.1 Å². The maximum atomic E-state index is 11.6. The van der Waals surface area contributed by atoms with Gasteiger partial charge in [0.15, 0.2) is 0 Å². The first-order valence-electron chi connectivity index (χ1n) is 5.03. The summed E-state index contributed by atoms with van der Waals surface area (Å²) in [5.41, 5.74) is 7.10. The number of anilines is 1. The number of halogens is 1. The number of ether oxygens (including phenoxy) is 1. The van der Waals surface area contributed by atoms with Gasteiger partial charge < -0.3 is 10.5 Å². The summed E-state index contributed by atoms with van der Waals surface area (Å²) in [6, 6.07) is 5.35. The van der Waals surface area contributed by atoms with Crippen LogP contribution in [0.1, 0.15) is 5.56 Å². The zero-order valence-electron chi connectivity index (χ0n) is 8.98. The Kier molecular flexibility index (Phi) is 3.44. The van der Waals surface area contributed by atoms with Gasteiger partial charge in [-0.1, -0.05) is 22.0 Å². The van der Waals surface area contributed by atoms with E-state index >= 15 is 0 Å². The summed E-state index contributed by atoms with van der Waals surface area (Å²) in [6.45, 7) is 0.0560. The second-order valence-electron chi connectivity index (χ2n) is 3.67. The fourth-order valence-corrected chi connectivity index (χ4v) is 2.10. The van der Waals surface area contributed by atoms with Crippen LogP contribution in [0.3, 0.4) is 0 Å². The van der Waals surface area contributed by atoms with Crippen LogP contribution in [0.15, 0.2) is 22.7 Å². The van der Waals surface area contributed by atoms with Crippen molar-refractivity contribution in [1.82, 2.24) is 4.90 Å². The summed E-state index contributed by atoms with van der Waals surface area (Å²) >= 11 is 3.35. The average Bonchev–Trinajstić information content (AvgIpc) is 2.27. The molecule has 5 nitrogen and oxygen atoms in total. The maximum Gasteiger partial charge on any atom is 0.255 e. The number of imide groups is 1. The second kappa shape index (κ2) is 4.85. The van der Waals surface area contributed by atoms with Crippen LogP contribution in [0.5, 0.6) is 0 Å². The molecule has 2 rings (SSSR count). The molecule has 0 radical (unpaired) electrons. The molecule has 0 spiro atoms.